The summed E-state index contributed by atoms with van der Waals surface area (Å²) in [5, 5.41) is 4.68. The molecule has 1 aliphatic rings. The van der Waals surface area contributed by atoms with Crippen LogP contribution in [0.5, 0.6) is 0 Å². The Morgan fingerprint density at radius 3 is 2.90 bits per heavy atom. The lowest BCUT2D eigenvalue weighted by molar-refractivity contribution is 0.187. The zero-order valence-corrected chi connectivity index (χ0v) is 16.7. The number of methoxy groups -OCH3 is 1. The predicted molar refractivity (Wildman–Crippen MR) is 108 cm³/mol. The van der Waals surface area contributed by atoms with Crippen molar-refractivity contribution in [3.8, 4) is 11.5 Å². The van der Waals surface area contributed by atoms with Crippen LogP contribution >= 0.6 is 11.6 Å². The van der Waals surface area contributed by atoms with E-state index in [1.165, 1.54) is 12.8 Å². The molecule has 9 heteroatoms. The zero-order chi connectivity index (χ0) is 20.0. The van der Waals surface area contributed by atoms with Gasteiger partial charge in [0, 0.05) is 24.6 Å². The second-order valence-electron chi connectivity index (χ2n) is 7.33. The Kier molecular flexibility index (Phi) is 4.60. The first kappa shape index (κ1) is 18.3. The highest BCUT2D eigenvalue weighted by atomic mass is 35.5. The molecule has 8 nitrogen and oxygen atoms in total. The highest BCUT2D eigenvalue weighted by Crippen LogP contribution is 2.34. The second kappa shape index (κ2) is 7.27. The quantitative estimate of drug-likeness (QED) is 0.496. The van der Waals surface area contributed by atoms with Gasteiger partial charge in [0.1, 0.15) is 17.5 Å². The molecular formula is C20H20ClN5O3. The standard InChI is InChI=1S/C20H20ClN5O3/c1-28-9-8-25-15-10-13(21)6-7-14(15)26-11-22-16(17(26)20(25)27)18-23-19(29-24-18)12-4-2-3-5-12/h6-7,10-12H,2-5,8-9H2,1H3. The van der Waals surface area contributed by atoms with Crippen molar-refractivity contribution in [1.29, 1.82) is 0 Å². The van der Waals surface area contributed by atoms with Crippen LogP contribution in [0.4, 0.5) is 0 Å². The molecule has 0 amide bonds. The minimum Gasteiger partial charge on any atom is -0.383 e. The Labute approximate surface area is 171 Å². The lowest BCUT2D eigenvalue weighted by Gasteiger charge is -2.12. The molecule has 0 N–H and O–H groups in total. The van der Waals surface area contributed by atoms with Crippen LogP contribution in [-0.2, 0) is 11.3 Å². The number of imidazole rings is 1. The molecule has 0 spiro atoms. The Hall–Kier alpha value is -2.71. The third-order valence-corrected chi connectivity index (χ3v) is 5.82. The van der Waals surface area contributed by atoms with Crippen LogP contribution in [0.25, 0.3) is 28.1 Å². The summed E-state index contributed by atoms with van der Waals surface area (Å²) < 4.78 is 14.1. The van der Waals surface area contributed by atoms with E-state index in [0.29, 0.717) is 47.0 Å². The molecule has 3 aromatic heterocycles. The maximum atomic E-state index is 13.4. The van der Waals surface area contributed by atoms with Gasteiger partial charge >= 0.3 is 0 Å². The molecule has 0 radical (unpaired) electrons. The highest BCUT2D eigenvalue weighted by Gasteiger charge is 2.25. The number of benzene rings is 1. The van der Waals surface area contributed by atoms with E-state index in [0.717, 1.165) is 23.9 Å². The third kappa shape index (κ3) is 3.03. The van der Waals surface area contributed by atoms with Crippen molar-refractivity contribution in [1.82, 2.24) is 24.1 Å². The molecule has 4 aromatic rings. The van der Waals surface area contributed by atoms with E-state index in [-0.39, 0.29) is 5.56 Å². The van der Waals surface area contributed by atoms with Gasteiger partial charge in [-0.15, -0.1) is 0 Å². The van der Waals surface area contributed by atoms with Gasteiger partial charge in [-0.1, -0.05) is 29.6 Å². The third-order valence-electron chi connectivity index (χ3n) is 5.58. The molecule has 0 bridgehead atoms. The Morgan fingerprint density at radius 1 is 1.28 bits per heavy atom. The maximum absolute atomic E-state index is 13.4. The number of ether oxygens (including phenoxy) is 1. The van der Waals surface area contributed by atoms with E-state index in [1.807, 2.05) is 6.07 Å². The first-order chi connectivity index (χ1) is 14.2. The molecule has 1 aliphatic carbocycles. The van der Waals surface area contributed by atoms with Crippen molar-refractivity contribution in [2.75, 3.05) is 13.7 Å². The van der Waals surface area contributed by atoms with Crippen molar-refractivity contribution in [3.05, 3.63) is 45.8 Å². The second-order valence-corrected chi connectivity index (χ2v) is 7.77. The molecule has 150 valence electrons. The number of halogens is 1. The van der Waals surface area contributed by atoms with Crippen molar-refractivity contribution in [2.45, 2.75) is 38.1 Å². The molecular weight excluding hydrogens is 394 g/mol. The number of hydrogen-bond donors (Lipinski definition) is 0. The maximum Gasteiger partial charge on any atom is 0.277 e. The van der Waals surface area contributed by atoms with Crippen molar-refractivity contribution >= 4 is 28.2 Å². The minimum atomic E-state index is -0.198. The van der Waals surface area contributed by atoms with Crippen LogP contribution < -0.4 is 5.56 Å². The summed E-state index contributed by atoms with van der Waals surface area (Å²) in [6.45, 7) is 0.794. The fourth-order valence-corrected chi connectivity index (χ4v) is 4.29. The van der Waals surface area contributed by atoms with Gasteiger partial charge in [-0.25, -0.2) is 4.98 Å². The van der Waals surface area contributed by atoms with E-state index in [9.17, 15) is 4.79 Å². The zero-order valence-electron chi connectivity index (χ0n) is 16.0. The monoisotopic (exact) mass is 413 g/mol. The summed E-state index contributed by atoms with van der Waals surface area (Å²) in [6.07, 6.45) is 6.08. The Balaban J connectivity index is 1.72. The molecule has 29 heavy (non-hydrogen) atoms. The summed E-state index contributed by atoms with van der Waals surface area (Å²) in [5.41, 5.74) is 2.17. The fraction of sp³-hybridized carbons (Fsp3) is 0.400. The summed E-state index contributed by atoms with van der Waals surface area (Å²) in [4.78, 5) is 22.4. The molecule has 0 aliphatic heterocycles. The van der Waals surface area contributed by atoms with Gasteiger partial charge < -0.3 is 13.8 Å². The van der Waals surface area contributed by atoms with Crippen molar-refractivity contribution in [2.24, 2.45) is 0 Å². The van der Waals surface area contributed by atoms with Crippen LogP contribution in [0.1, 0.15) is 37.5 Å². The molecule has 0 unspecified atom stereocenters. The lowest BCUT2D eigenvalue weighted by atomic mass is 10.1. The average molecular weight is 414 g/mol. The van der Waals surface area contributed by atoms with Crippen molar-refractivity contribution in [3.63, 3.8) is 0 Å². The van der Waals surface area contributed by atoms with E-state index in [4.69, 9.17) is 20.9 Å². The topological polar surface area (TPSA) is 87.5 Å². The first-order valence-corrected chi connectivity index (χ1v) is 10.1. The molecule has 1 fully saturated rings. The van der Waals surface area contributed by atoms with Crippen LogP contribution in [0.3, 0.4) is 0 Å². The Bertz CT molecular complexity index is 1250. The number of aromatic nitrogens is 5. The van der Waals surface area contributed by atoms with Gasteiger partial charge in [0.25, 0.3) is 5.56 Å². The molecule has 3 heterocycles. The van der Waals surface area contributed by atoms with Crippen LogP contribution in [-0.4, -0.2) is 37.8 Å². The number of rotatable bonds is 5. The van der Waals surface area contributed by atoms with Crippen LogP contribution in [0.15, 0.2) is 33.8 Å². The summed E-state index contributed by atoms with van der Waals surface area (Å²) in [6, 6.07) is 5.44. The minimum absolute atomic E-state index is 0.198. The normalized spacial score (nSPS) is 15.1. The van der Waals surface area contributed by atoms with E-state index in [2.05, 4.69) is 15.1 Å². The molecule has 1 saturated carbocycles. The Morgan fingerprint density at radius 2 is 2.10 bits per heavy atom. The average Bonchev–Trinajstić information content (AvgIpc) is 3.46. The molecule has 1 aromatic carbocycles. The number of fused-ring (bicyclic) bond motifs is 3. The van der Waals surface area contributed by atoms with Gasteiger partial charge in [0.05, 0.1) is 17.6 Å². The summed E-state index contributed by atoms with van der Waals surface area (Å²) in [7, 11) is 1.60. The molecule has 0 atom stereocenters. The molecule has 5 rings (SSSR count). The van der Waals surface area contributed by atoms with Gasteiger partial charge in [-0.3, -0.25) is 9.20 Å². The van der Waals surface area contributed by atoms with Crippen LogP contribution in [0, 0.1) is 0 Å². The highest BCUT2D eigenvalue weighted by molar-refractivity contribution is 6.31. The largest absolute Gasteiger partial charge is 0.383 e. The number of hydrogen-bond acceptors (Lipinski definition) is 6. The SMILES string of the molecule is COCCn1c(=O)c2c(-c3noc(C4CCCC4)n3)ncn2c2ccc(Cl)cc21. The first-order valence-electron chi connectivity index (χ1n) is 9.69. The van der Waals surface area contributed by atoms with E-state index >= 15 is 0 Å². The smallest absolute Gasteiger partial charge is 0.277 e. The van der Waals surface area contributed by atoms with Gasteiger partial charge in [-0.05, 0) is 31.0 Å². The van der Waals surface area contributed by atoms with E-state index in [1.54, 1.807) is 34.5 Å². The predicted octanol–water partition coefficient (Wildman–Crippen LogP) is 3.66. The van der Waals surface area contributed by atoms with Crippen molar-refractivity contribution < 1.29 is 9.26 Å². The molecule has 0 saturated heterocycles. The number of nitrogens with zero attached hydrogens (tertiary/aromatic N) is 5. The van der Waals surface area contributed by atoms with Gasteiger partial charge in [0.15, 0.2) is 0 Å². The van der Waals surface area contributed by atoms with Gasteiger partial charge in [-0.2, -0.15) is 4.98 Å². The summed E-state index contributed by atoms with van der Waals surface area (Å²) >= 11 is 6.19. The lowest BCUT2D eigenvalue weighted by Crippen LogP contribution is -2.25. The van der Waals surface area contributed by atoms with Crippen LogP contribution in [0.2, 0.25) is 5.02 Å². The van der Waals surface area contributed by atoms with Gasteiger partial charge in [0.2, 0.25) is 11.7 Å². The summed E-state index contributed by atoms with van der Waals surface area (Å²) in [5.74, 6) is 1.27. The fourth-order valence-electron chi connectivity index (χ4n) is 4.13. The van der Waals surface area contributed by atoms with E-state index < -0.39 is 0 Å².